The molecule has 1 aromatic rings. The minimum Gasteiger partial charge on any atom is -0.455 e. The van der Waals surface area contributed by atoms with Crippen LogP contribution in [-0.2, 0) is 6.54 Å². The third-order valence-electron chi connectivity index (χ3n) is 4.10. The molecule has 3 rings (SSSR count). The molecule has 0 aromatic carbocycles. The SMILES string of the molecule is O=C(c1ccc(CN2CCCCC2)o1)N1CCNCC1. The van der Waals surface area contributed by atoms with Crippen LogP contribution in [0.1, 0.15) is 35.6 Å². The van der Waals surface area contributed by atoms with Crippen molar-refractivity contribution in [3.05, 3.63) is 23.7 Å². The summed E-state index contributed by atoms with van der Waals surface area (Å²) >= 11 is 0. The van der Waals surface area contributed by atoms with Crippen LogP contribution in [0.2, 0.25) is 0 Å². The molecule has 0 aliphatic carbocycles. The molecule has 3 heterocycles. The average molecular weight is 277 g/mol. The Morgan fingerprint density at radius 1 is 1.10 bits per heavy atom. The number of nitrogens with one attached hydrogen (secondary N) is 1. The third-order valence-corrected chi connectivity index (χ3v) is 4.10. The molecule has 0 unspecified atom stereocenters. The Hall–Kier alpha value is -1.33. The summed E-state index contributed by atoms with van der Waals surface area (Å²) < 4.78 is 5.75. The van der Waals surface area contributed by atoms with Crippen LogP contribution in [0.3, 0.4) is 0 Å². The van der Waals surface area contributed by atoms with Gasteiger partial charge in [0.1, 0.15) is 5.76 Å². The molecular formula is C15H23N3O2. The van der Waals surface area contributed by atoms with Crippen LogP contribution >= 0.6 is 0 Å². The van der Waals surface area contributed by atoms with Gasteiger partial charge in [-0.05, 0) is 38.1 Å². The van der Waals surface area contributed by atoms with Crippen molar-refractivity contribution in [1.82, 2.24) is 15.1 Å². The van der Waals surface area contributed by atoms with Gasteiger partial charge in [-0.3, -0.25) is 9.69 Å². The molecule has 2 aliphatic heterocycles. The number of likely N-dealkylation sites (tertiary alicyclic amines) is 1. The summed E-state index contributed by atoms with van der Waals surface area (Å²) in [7, 11) is 0. The zero-order valence-electron chi connectivity index (χ0n) is 11.9. The summed E-state index contributed by atoms with van der Waals surface area (Å²) in [5, 5.41) is 3.25. The number of piperazine rings is 1. The molecular weight excluding hydrogens is 254 g/mol. The van der Waals surface area contributed by atoms with Gasteiger partial charge in [-0.15, -0.1) is 0 Å². The summed E-state index contributed by atoms with van der Waals surface area (Å²) in [6.45, 7) is 6.38. The molecule has 0 radical (unpaired) electrons. The fraction of sp³-hybridized carbons (Fsp3) is 0.667. The second kappa shape index (κ2) is 6.41. The maximum atomic E-state index is 12.3. The molecule has 2 fully saturated rings. The molecule has 110 valence electrons. The lowest BCUT2D eigenvalue weighted by Gasteiger charge is -2.26. The maximum Gasteiger partial charge on any atom is 0.289 e. The molecule has 5 nitrogen and oxygen atoms in total. The van der Waals surface area contributed by atoms with Gasteiger partial charge in [0.05, 0.1) is 6.54 Å². The van der Waals surface area contributed by atoms with Crippen LogP contribution < -0.4 is 5.32 Å². The molecule has 1 N–H and O–H groups in total. The van der Waals surface area contributed by atoms with Crippen molar-refractivity contribution < 1.29 is 9.21 Å². The van der Waals surface area contributed by atoms with Gasteiger partial charge in [-0.25, -0.2) is 0 Å². The molecule has 0 spiro atoms. The lowest BCUT2D eigenvalue weighted by molar-refractivity contribution is 0.0699. The van der Waals surface area contributed by atoms with Crippen molar-refractivity contribution in [2.75, 3.05) is 39.3 Å². The highest BCUT2D eigenvalue weighted by atomic mass is 16.4. The first kappa shape index (κ1) is 13.6. The van der Waals surface area contributed by atoms with E-state index in [0.29, 0.717) is 5.76 Å². The average Bonchev–Trinajstić information content (AvgIpc) is 2.97. The van der Waals surface area contributed by atoms with E-state index in [9.17, 15) is 4.79 Å². The zero-order chi connectivity index (χ0) is 13.8. The number of piperidine rings is 1. The Morgan fingerprint density at radius 2 is 1.85 bits per heavy atom. The van der Waals surface area contributed by atoms with Gasteiger partial charge in [-0.1, -0.05) is 6.42 Å². The highest BCUT2D eigenvalue weighted by Gasteiger charge is 2.21. The Morgan fingerprint density at radius 3 is 2.60 bits per heavy atom. The topological polar surface area (TPSA) is 48.7 Å². The van der Waals surface area contributed by atoms with E-state index in [1.54, 1.807) is 0 Å². The van der Waals surface area contributed by atoms with Crippen LogP contribution in [0.15, 0.2) is 16.5 Å². The monoisotopic (exact) mass is 277 g/mol. The van der Waals surface area contributed by atoms with E-state index in [1.165, 1.54) is 19.3 Å². The standard InChI is InChI=1S/C15H23N3O2/c19-15(18-10-6-16-7-11-18)14-5-4-13(20-14)12-17-8-2-1-3-9-17/h4-5,16H,1-3,6-12H2. The molecule has 0 atom stereocenters. The summed E-state index contributed by atoms with van der Waals surface area (Å²) in [6, 6.07) is 3.77. The predicted molar refractivity (Wildman–Crippen MR) is 76.6 cm³/mol. The minimum absolute atomic E-state index is 0.0244. The van der Waals surface area contributed by atoms with Crippen LogP contribution in [-0.4, -0.2) is 55.0 Å². The van der Waals surface area contributed by atoms with E-state index in [1.807, 2.05) is 17.0 Å². The molecule has 2 saturated heterocycles. The van der Waals surface area contributed by atoms with Crippen molar-refractivity contribution in [2.24, 2.45) is 0 Å². The van der Waals surface area contributed by atoms with Crippen molar-refractivity contribution >= 4 is 5.91 Å². The summed E-state index contributed by atoms with van der Waals surface area (Å²) in [4.78, 5) is 16.6. The fourth-order valence-electron chi connectivity index (χ4n) is 2.94. The summed E-state index contributed by atoms with van der Waals surface area (Å²) in [6.07, 6.45) is 3.88. The molecule has 20 heavy (non-hydrogen) atoms. The van der Waals surface area contributed by atoms with Crippen molar-refractivity contribution in [2.45, 2.75) is 25.8 Å². The van der Waals surface area contributed by atoms with E-state index < -0.39 is 0 Å². The zero-order valence-corrected chi connectivity index (χ0v) is 11.9. The van der Waals surface area contributed by atoms with Gasteiger partial charge in [0.2, 0.25) is 0 Å². The highest BCUT2D eigenvalue weighted by Crippen LogP contribution is 2.16. The van der Waals surface area contributed by atoms with Gasteiger partial charge >= 0.3 is 0 Å². The Kier molecular flexibility index (Phi) is 4.38. The second-order valence-corrected chi connectivity index (χ2v) is 5.64. The lowest BCUT2D eigenvalue weighted by atomic mass is 10.1. The fourth-order valence-corrected chi connectivity index (χ4v) is 2.94. The minimum atomic E-state index is 0.0244. The number of amides is 1. The first-order valence-electron chi connectivity index (χ1n) is 7.64. The van der Waals surface area contributed by atoms with Gasteiger partial charge in [0, 0.05) is 26.2 Å². The number of hydrogen-bond acceptors (Lipinski definition) is 4. The normalized spacial score (nSPS) is 21.1. The number of carbonyl (C=O) groups is 1. The van der Waals surface area contributed by atoms with E-state index in [4.69, 9.17) is 4.42 Å². The molecule has 1 aromatic heterocycles. The van der Waals surface area contributed by atoms with Gasteiger partial charge in [0.25, 0.3) is 5.91 Å². The number of carbonyl (C=O) groups excluding carboxylic acids is 1. The number of rotatable bonds is 3. The molecule has 5 heteroatoms. The van der Waals surface area contributed by atoms with Gasteiger partial charge in [-0.2, -0.15) is 0 Å². The van der Waals surface area contributed by atoms with E-state index in [2.05, 4.69) is 10.2 Å². The Bertz CT molecular complexity index is 446. The van der Waals surface area contributed by atoms with Gasteiger partial charge < -0.3 is 14.6 Å². The third kappa shape index (κ3) is 3.22. The molecule has 1 amide bonds. The quantitative estimate of drug-likeness (QED) is 0.905. The molecule has 0 saturated carbocycles. The number of furan rings is 1. The van der Waals surface area contributed by atoms with Crippen LogP contribution in [0.25, 0.3) is 0 Å². The van der Waals surface area contributed by atoms with Gasteiger partial charge in [0.15, 0.2) is 5.76 Å². The highest BCUT2D eigenvalue weighted by molar-refractivity contribution is 5.91. The summed E-state index contributed by atoms with van der Waals surface area (Å²) in [5.74, 6) is 1.42. The Labute approximate surface area is 119 Å². The van der Waals surface area contributed by atoms with Crippen molar-refractivity contribution in [1.29, 1.82) is 0 Å². The predicted octanol–water partition coefficient (Wildman–Crippen LogP) is 1.31. The molecule has 2 aliphatic rings. The molecule has 0 bridgehead atoms. The maximum absolute atomic E-state index is 12.3. The van der Waals surface area contributed by atoms with E-state index in [-0.39, 0.29) is 5.91 Å². The number of nitrogens with zero attached hydrogens (tertiary/aromatic N) is 2. The van der Waals surface area contributed by atoms with Crippen LogP contribution in [0.5, 0.6) is 0 Å². The van der Waals surface area contributed by atoms with Crippen molar-refractivity contribution in [3.63, 3.8) is 0 Å². The van der Waals surface area contributed by atoms with Crippen LogP contribution in [0.4, 0.5) is 0 Å². The summed E-state index contributed by atoms with van der Waals surface area (Å²) in [5.41, 5.74) is 0. The largest absolute Gasteiger partial charge is 0.455 e. The number of hydrogen-bond donors (Lipinski definition) is 1. The second-order valence-electron chi connectivity index (χ2n) is 5.64. The first-order chi connectivity index (χ1) is 9.83. The Balaban J connectivity index is 1.59. The first-order valence-corrected chi connectivity index (χ1v) is 7.64. The smallest absolute Gasteiger partial charge is 0.289 e. The van der Waals surface area contributed by atoms with Crippen molar-refractivity contribution in [3.8, 4) is 0 Å². The van der Waals surface area contributed by atoms with Crippen LogP contribution in [0, 0.1) is 0 Å². The van der Waals surface area contributed by atoms with E-state index >= 15 is 0 Å². The lowest BCUT2D eigenvalue weighted by Crippen LogP contribution is -2.46. The van der Waals surface area contributed by atoms with E-state index in [0.717, 1.165) is 51.6 Å².